The third-order valence-electron chi connectivity index (χ3n) is 2.84. The summed E-state index contributed by atoms with van der Waals surface area (Å²) in [5.74, 6) is 0.557. The third kappa shape index (κ3) is 4.39. The molecule has 0 radical (unpaired) electrons. The largest absolute Gasteiger partial charge is 0.355 e. The Kier molecular flexibility index (Phi) is 5.40. The molecule has 0 aliphatic carbocycles. The number of nitrogens with zero attached hydrogens (tertiary/aromatic N) is 1. The molecule has 0 spiro atoms. The highest BCUT2D eigenvalue weighted by molar-refractivity contribution is 6.30. The van der Waals surface area contributed by atoms with Gasteiger partial charge in [-0.2, -0.15) is 0 Å². The molecule has 1 N–H and O–H groups in total. The minimum Gasteiger partial charge on any atom is -0.355 e. The number of nitrogens with one attached hydrogen (secondary N) is 1. The summed E-state index contributed by atoms with van der Waals surface area (Å²) in [5.41, 5.74) is 0. The van der Waals surface area contributed by atoms with E-state index in [4.69, 9.17) is 11.6 Å². The minimum atomic E-state index is -0.418. The van der Waals surface area contributed by atoms with Crippen LogP contribution >= 0.6 is 11.6 Å². The van der Waals surface area contributed by atoms with E-state index in [9.17, 15) is 4.79 Å². The number of amides is 1. The number of halogens is 1. The second-order valence-electron chi connectivity index (χ2n) is 4.32. The van der Waals surface area contributed by atoms with Gasteiger partial charge in [-0.05, 0) is 38.8 Å². The number of alkyl halides is 1. The lowest BCUT2D eigenvalue weighted by Gasteiger charge is -2.15. The van der Waals surface area contributed by atoms with Crippen molar-refractivity contribution in [2.24, 2.45) is 5.92 Å². The fraction of sp³-hybridized carbons (Fsp3) is 0.909. The van der Waals surface area contributed by atoms with Gasteiger partial charge in [0.05, 0.1) is 0 Å². The Morgan fingerprint density at radius 2 is 2.40 bits per heavy atom. The lowest BCUT2D eigenvalue weighted by Crippen LogP contribution is -2.34. The zero-order valence-electron chi connectivity index (χ0n) is 9.63. The van der Waals surface area contributed by atoms with E-state index in [1.165, 1.54) is 25.9 Å². The lowest BCUT2D eigenvalue weighted by molar-refractivity contribution is -0.120. The molecule has 0 aromatic heterocycles. The van der Waals surface area contributed by atoms with Crippen LogP contribution in [0.15, 0.2) is 0 Å². The highest BCUT2D eigenvalue weighted by atomic mass is 35.5. The van der Waals surface area contributed by atoms with Gasteiger partial charge >= 0.3 is 0 Å². The van der Waals surface area contributed by atoms with E-state index < -0.39 is 5.38 Å². The van der Waals surface area contributed by atoms with Crippen molar-refractivity contribution < 1.29 is 4.79 Å². The fourth-order valence-electron chi connectivity index (χ4n) is 1.98. The number of carbonyl (C=O) groups excluding carboxylic acids is 1. The molecule has 1 aliphatic heterocycles. The van der Waals surface area contributed by atoms with Crippen LogP contribution in [0.5, 0.6) is 0 Å². The molecule has 3 nitrogen and oxygen atoms in total. The van der Waals surface area contributed by atoms with Gasteiger partial charge in [-0.3, -0.25) is 4.79 Å². The molecule has 4 heteroatoms. The summed E-state index contributed by atoms with van der Waals surface area (Å²) in [5, 5.41) is 2.47. The molecule has 1 rings (SSSR count). The Morgan fingerprint density at radius 1 is 1.67 bits per heavy atom. The van der Waals surface area contributed by atoms with Crippen LogP contribution in [0.1, 0.15) is 26.7 Å². The van der Waals surface area contributed by atoms with Crippen molar-refractivity contribution in [3.63, 3.8) is 0 Å². The number of carbonyl (C=O) groups is 1. The normalized spacial score (nSPS) is 24.1. The van der Waals surface area contributed by atoms with Crippen LogP contribution in [0.3, 0.4) is 0 Å². The van der Waals surface area contributed by atoms with E-state index in [-0.39, 0.29) is 5.91 Å². The lowest BCUT2D eigenvalue weighted by atomic mass is 10.1. The smallest absolute Gasteiger partial charge is 0.237 e. The molecule has 88 valence electrons. The molecule has 0 saturated carbocycles. The maximum atomic E-state index is 11.3. The average Bonchev–Trinajstić information content (AvgIpc) is 2.62. The monoisotopic (exact) mass is 232 g/mol. The predicted molar refractivity (Wildman–Crippen MR) is 63.2 cm³/mol. The Balaban J connectivity index is 2.16. The first-order valence-electron chi connectivity index (χ1n) is 5.77. The summed E-state index contributed by atoms with van der Waals surface area (Å²) in [6.07, 6.45) is 2.40. The van der Waals surface area contributed by atoms with E-state index in [1.54, 1.807) is 6.92 Å². The van der Waals surface area contributed by atoms with Crippen molar-refractivity contribution in [2.75, 3.05) is 26.2 Å². The molecule has 0 aromatic rings. The molecular weight excluding hydrogens is 212 g/mol. The highest BCUT2D eigenvalue weighted by Crippen LogP contribution is 2.15. The van der Waals surface area contributed by atoms with Crippen LogP contribution in [0.4, 0.5) is 0 Å². The van der Waals surface area contributed by atoms with Crippen LogP contribution < -0.4 is 5.32 Å². The molecule has 1 saturated heterocycles. The summed E-state index contributed by atoms with van der Waals surface area (Å²) >= 11 is 5.67. The first-order chi connectivity index (χ1) is 7.13. The Labute approximate surface area is 97.2 Å². The molecule has 2 unspecified atom stereocenters. The molecule has 1 amide bonds. The van der Waals surface area contributed by atoms with Crippen molar-refractivity contribution in [3.8, 4) is 0 Å². The zero-order chi connectivity index (χ0) is 11.3. The second-order valence-corrected chi connectivity index (χ2v) is 4.97. The zero-order valence-corrected chi connectivity index (χ0v) is 10.4. The first kappa shape index (κ1) is 12.8. The summed E-state index contributed by atoms with van der Waals surface area (Å²) in [7, 11) is 0. The maximum absolute atomic E-state index is 11.3. The van der Waals surface area contributed by atoms with Gasteiger partial charge in [0.15, 0.2) is 0 Å². The van der Waals surface area contributed by atoms with E-state index >= 15 is 0 Å². The van der Waals surface area contributed by atoms with Crippen molar-refractivity contribution in [3.05, 3.63) is 0 Å². The van der Waals surface area contributed by atoms with Crippen LogP contribution in [-0.2, 0) is 4.79 Å². The Morgan fingerprint density at radius 3 is 3.00 bits per heavy atom. The number of likely N-dealkylation sites (tertiary alicyclic amines) is 1. The van der Waals surface area contributed by atoms with E-state index in [0.717, 1.165) is 13.1 Å². The van der Waals surface area contributed by atoms with Crippen molar-refractivity contribution >= 4 is 17.5 Å². The molecule has 1 heterocycles. The molecule has 0 aromatic carbocycles. The maximum Gasteiger partial charge on any atom is 0.237 e. The van der Waals surface area contributed by atoms with Crippen molar-refractivity contribution in [1.82, 2.24) is 10.2 Å². The highest BCUT2D eigenvalue weighted by Gasteiger charge is 2.22. The van der Waals surface area contributed by atoms with Crippen LogP contribution in [-0.4, -0.2) is 42.4 Å². The summed E-state index contributed by atoms with van der Waals surface area (Å²) < 4.78 is 0. The fourth-order valence-corrected chi connectivity index (χ4v) is 2.06. The quantitative estimate of drug-likeness (QED) is 0.728. The number of hydrogen-bond acceptors (Lipinski definition) is 2. The Bertz CT molecular complexity index is 209. The number of rotatable bonds is 5. The first-order valence-corrected chi connectivity index (χ1v) is 6.21. The second kappa shape index (κ2) is 6.33. The molecule has 2 atom stereocenters. The standard InChI is InChI=1S/C11H21ClN2O/c1-3-5-14-6-4-10(8-14)7-13-11(15)9(2)12/h9-10H,3-8H2,1-2H3,(H,13,15). The summed E-state index contributed by atoms with van der Waals surface area (Å²) in [4.78, 5) is 13.7. The average molecular weight is 233 g/mol. The van der Waals surface area contributed by atoms with Gasteiger partial charge in [0, 0.05) is 13.1 Å². The van der Waals surface area contributed by atoms with Gasteiger partial charge in [-0.15, -0.1) is 11.6 Å². The van der Waals surface area contributed by atoms with E-state index in [2.05, 4.69) is 17.1 Å². The van der Waals surface area contributed by atoms with E-state index in [0.29, 0.717) is 5.92 Å². The van der Waals surface area contributed by atoms with Gasteiger partial charge in [0.1, 0.15) is 5.38 Å². The third-order valence-corrected chi connectivity index (χ3v) is 3.03. The van der Waals surface area contributed by atoms with Gasteiger partial charge < -0.3 is 10.2 Å². The van der Waals surface area contributed by atoms with Crippen molar-refractivity contribution in [2.45, 2.75) is 32.1 Å². The van der Waals surface area contributed by atoms with E-state index in [1.807, 2.05) is 0 Å². The SMILES string of the molecule is CCCN1CCC(CNC(=O)C(C)Cl)C1. The molecular formula is C11H21ClN2O. The summed E-state index contributed by atoms with van der Waals surface area (Å²) in [6.45, 7) is 8.14. The molecule has 0 bridgehead atoms. The van der Waals surface area contributed by atoms with Gasteiger partial charge in [0.2, 0.25) is 5.91 Å². The van der Waals surface area contributed by atoms with Crippen molar-refractivity contribution in [1.29, 1.82) is 0 Å². The minimum absolute atomic E-state index is 0.0504. The molecule has 1 aliphatic rings. The predicted octanol–water partition coefficient (Wildman–Crippen LogP) is 1.46. The summed E-state index contributed by atoms with van der Waals surface area (Å²) in [6, 6.07) is 0. The van der Waals surface area contributed by atoms with Gasteiger partial charge in [-0.1, -0.05) is 6.92 Å². The van der Waals surface area contributed by atoms with Gasteiger partial charge in [0.25, 0.3) is 0 Å². The number of hydrogen-bond donors (Lipinski definition) is 1. The molecule has 1 fully saturated rings. The molecule has 15 heavy (non-hydrogen) atoms. The van der Waals surface area contributed by atoms with Crippen LogP contribution in [0, 0.1) is 5.92 Å². The van der Waals surface area contributed by atoms with Gasteiger partial charge in [-0.25, -0.2) is 0 Å². The van der Waals surface area contributed by atoms with Crippen LogP contribution in [0.25, 0.3) is 0 Å². The van der Waals surface area contributed by atoms with Crippen LogP contribution in [0.2, 0.25) is 0 Å². The Hall–Kier alpha value is -0.280. The topological polar surface area (TPSA) is 32.3 Å².